The molecule has 1 rings (SSSR count). The Bertz CT molecular complexity index is 549. The Balaban J connectivity index is 2.82. The van der Waals surface area contributed by atoms with Crippen LogP contribution in [-0.4, -0.2) is 24.4 Å². The number of aryl methyl sites for hydroxylation is 1. The summed E-state index contributed by atoms with van der Waals surface area (Å²) in [6, 6.07) is 7.61. The number of amides is 1. The van der Waals surface area contributed by atoms with Gasteiger partial charge in [0.2, 0.25) is 0 Å². The summed E-state index contributed by atoms with van der Waals surface area (Å²) >= 11 is 0. The fraction of sp³-hybridized carbons (Fsp3) is 0.389. The van der Waals surface area contributed by atoms with Gasteiger partial charge < -0.3 is 9.64 Å². The third-order valence-electron chi connectivity index (χ3n) is 3.27. The number of nitrogens with zero attached hydrogens (tertiary/aromatic N) is 1. The molecule has 0 radical (unpaired) electrons. The van der Waals surface area contributed by atoms with Gasteiger partial charge in [-0.2, -0.15) is 0 Å². The maximum absolute atomic E-state index is 12.4. The molecule has 1 amide bonds. The van der Waals surface area contributed by atoms with Crippen molar-refractivity contribution >= 4 is 5.91 Å². The first-order valence-electron chi connectivity index (χ1n) is 7.14. The number of hydrogen-bond donors (Lipinski definition) is 0. The Labute approximate surface area is 127 Å². The van der Waals surface area contributed by atoms with E-state index in [0.717, 1.165) is 22.7 Å². The van der Waals surface area contributed by atoms with E-state index in [1.807, 2.05) is 65.0 Å². The SMILES string of the molecule is C/C=C(/C)OC(CN(C)C(=O)c1ccc(C)cc1)=C(C)C. The molecule has 3 heteroatoms. The van der Waals surface area contributed by atoms with Gasteiger partial charge in [0.25, 0.3) is 5.91 Å². The molecule has 0 spiro atoms. The van der Waals surface area contributed by atoms with Crippen LogP contribution < -0.4 is 0 Å². The van der Waals surface area contributed by atoms with E-state index in [2.05, 4.69) is 0 Å². The zero-order valence-electron chi connectivity index (χ0n) is 13.9. The number of benzene rings is 1. The van der Waals surface area contributed by atoms with E-state index < -0.39 is 0 Å². The van der Waals surface area contributed by atoms with E-state index >= 15 is 0 Å². The maximum atomic E-state index is 12.4. The summed E-state index contributed by atoms with van der Waals surface area (Å²) in [4.78, 5) is 14.1. The Morgan fingerprint density at radius 2 is 1.76 bits per heavy atom. The average Bonchev–Trinajstić information content (AvgIpc) is 2.46. The van der Waals surface area contributed by atoms with Crippen LogP contribution in [0.5, 0.6) is 0 Å². The standard InChI is InChI=1S/C18H25NO2/c1-7-15(5)21-17(13(2)3)12-19(6)18(20)16-10-8-14(4)9-11-16/h7-11H,12H2,1-6H3/b15-7-. The van der Waals surface area contributed by atoms with Gasteiger partial charge >= 0.3 is 0 Å². The van der Waals surface area contributed by atoms with Gasteiger partial charge in [0.15, 0.2) is 0 Å². The molecule has 0 bridgehead atoms. The largest absolute Gasteiger partial charge is 0.465 e. The van der Waals surface area contributed by atoms with Crippen LogP contribution in [0.15, 0.2) is 47.4 Å². The van der Waals surface area contributed by atoms with E-state index in [0.29, 0.717) is 12.1 Å². The summed E-state index contributed by atoms with van der Waals surface area (Å²) in [6.07, 6.45) is 1.91. The first-order valence-corrected chi connectivity index (χ1v) is 7.14. The predicted octanol–water partition coefficient (Wildman–Crippen LogP) is 4.30. The van der Waals surface area contributed by atoms with E-state index in [4.69, 9.17) is 4.74 Å². The number of ether oxygens (including phenoxy) is 1. The van der Waals surface area contributed by atoms with Crippen molar-refractivity contribution in [2.24, 2.45) is 0 Å². The first-order chi connectivity index (χ1) is 9.85. The van der Waals surface area contributed by atoms with Crippen molar-refractivity contribution in [2.45, 2.75) is 34.6 Å². The van der Waals surface area contributed by atoms with Crippen LogP contribution in [0.1, 0.15) is 43.6 Å². The molecule has 0 atom stereocenters. The molecule has 0 aliphatic carbocycles. The molecule has 0 fully saturated rings. The van der Waals surface area contributed by atoms with E-state index in [1.54, 1.807) is 11.9 Å². The molecule has 0 heterocycles. The number of carbonyl (C=O) groups is 1. The molecule has 0 saturated carbocycles. The van der Waals surface area contributed by atoms with Crippen molar-refractivity contribution in [3.8, 4) is 0 Å². The van der Waals surface area contributed by atoms with Crippen molar-refractivity contribution in [1.82, 2.24) is 4.90 Å². The van der Waals surface area contributed by atoms with Crippen molar-refractivity contribution in [3.05, 3.63) is 58.6 Å². The van der Waals surface area contributed by atoms with Crippen LogP contribution in [0.25, 0.3) is 0 Å². The first kappa shape index (κ1) is 17.0. The number of allylic oxidation sites excluding steroid dienone is 3. The molecule has 0 unspecified atom stereocenters. The van der Waals surface area contributed by atoms with E-state index in [9.17, 15) is 4.79 Å². The highest BCUT2D eigenvalue weighted by Gasteiger charge is 2.14. The minimum absolute atomic E-state index is 0.00418. The molecule has 3 nitrogen and oxygen atoms in total. The van der Waals surface area contributed by atoms with Crippen LogP contribution in [0, 0.1) is 6.92 Å². The lowest BCUT2D eigenvalue weighted by Gasteiger charge is -2.21. The number of carbonyl (C=O) groups excluding carboxylic acids is 1. The third kappa shape index (κ3) is 5.10. The van der Waals surface area contributed by atoms with Crippen LogP contribution in [-0.2, 0) is 4.74 Å². The fourth-order valence-electron chi connectivity index (χ4n) is 1.75. The highest BCUT2D eigenvalue weighted by atomic mass is 16.5. The van der Waals surface area contributed by atoms with Gasteiger partial charge in [0.05, 0.1) is 12.3 Å². The van der Waals surface area contributed by atoms with Crippen molar-refractivity contribution in [2.75, 3.05) is 13.6 Å². The van der Waals surface area contributed by atoms with Gasteiger partial charge in [-0.25, -0.2) is 0 Å². The molecule has 21 heavy (non-hydrogen) atoms. The van der Waals surface area contributed by atoms with Crippen LogP contribution in [0.4, 0.5) is 0 Å². The van der Waals surface area contributed by atoms with Crippen molar-refractivity contribution in [3.63, 3.8) is 0 Å². The minimum atomic E-state index is -0.00418. The molecular weight excluding hydrogens is 262 g/mol. The van der Waals surface area contributed by atoms with Crippen LogP contribution >= 0.6 is 0 Å². The Hall–Kier alpha value is -2.03. The summed E-state index contributed by atoms with van der Waals surface area (Å²) in [5.41, 5.74) is 2.91. The van der Waals surface area contributed by atoms with Gasteiger partial charge in [-0.1, -0.05) is 17.7 Å². The Kier molecular flexibility index (Phi) is 6.22. The van der Waals surface area contributed by atoms with Crippen LogP contribution in [0.3, 0.4) is 0 Å². The summed E-state index contributed by atoms with van der Waals surface area (Å²) in [7, 11) is 1.79. The van der Waals surface area contributed by atoms with Gasteiger partial charge in [0.1, 0.15) is 5.76 Å². The molecule has 0 aromatic heterocycles. The fourth-order valence-corrected chi connectivity index (χ4v) is 1.75. The van der Waals surface area contributed by atoms with Gasteiger partial charge in [-0.3, -0.25) is 4.79 Å². The second kappa shape index (κ2) is 7.67. The van der Waals surface area contributed by atoms with Crippen LogP contribution in [0.2, 0.25) is 0 Å². The molecule has 0 aliphatic heterocycles. The summed E-state index contributed by atoms with van der Waals surface area (Å²) in [5, 5.41) is 0. The second-order valence-corrected chi connectivity index (χ2v) is 5.45. The highest BCUT2D eigenvalue weighted by molar-refractivity contribution is 5.94. The van der Waals surface area contributed by atoms with Crippen molar-refractivity contribution in [1.29, 1.82) is 0 Å². The molecular formula is C18H25NO2. The maximum Gasteiger partial charge on any atom is 0.254 e. The minimum Gasteiger partial charge on any atom is -0.465 e. The van der Waals surface area contributed by atoms with Gasteiger partial charge in [-0.15, -0.1) is 0 Å². The summed E-state index contributed by atoms with van der Waals surface area (Å²) < 4.78 is 5.78. The van der Waals surface area contributed by atoms with E-state index in [-0.39, 0.29) is 5.91 Å². The molecule has 0 saturated heterocycles. The van der Waals surface area contributed by atoms with Gasteiger partial charge in [0, 0.05) is 12.6 Å². The Morgan fingerprint density at radius 1 is 1.19 bits per heavy atom. The summed E-state index contributed by atoms with van der Waals surface area (Å²) in [6.45, 7) is 10.3. The van der Waals surface area contributed by atoms with Crippen molar-refractivity contribution < 1.29 is 9.53 Å². The number of likely N-dealkylation sites (N-methyl/N-ethyl adjacent to an activating group) is 1. The lowest BCUT2D eigenvalue weighted by Crippen LogP contribution is -2.29. The second-order valence-electron chi connectivity index (χ2n) is 5.45. The lowest BCUT2D eigenvalue weighted by molar-refractivity contribution is 0.0786. The molecule has 0 N–H and O–H groups in total. The normalized spacial score (nSPS) is 11.0. The third-order valence-corrected chi connectivity index (χ3v) is 3.27. The molecule has 114 valence electrons. The highest BCUT2D eigenvalue weighted by Crippen LogP contribution is 2.14. The lowest BCUT2D eigenvalue weighted by atomic mass is 10.1. The number of hydrogen-bond acceptors (Lipinski definition) is 2. The topological polar surface area (TPSA) is 29.5 Å². The van der Waals surface area contributed by atoms with Gasteiger partial charge in [-0.05, 0) is 58.4 Å². The Morgan fingerprint density at radius 3 is 2.24 bits per heavy atom. The van der Waals surface area contributed by atoms with E-state index in [1.165, 1.54) is 0 Å². The smallest absolute Gasteiger partial charge is 0.254 e. The summed E-state index contributed by atoms with van der Waals surface area (Å²) in [5.74, 6) is 1.64. The molecule has 1 aromatic carbocycles. The quantitative estimate of drug-likeness (QED) is 0.756. The zero-order chi connectivity index (χ0) is 16.0. The zero-order valence-corrected chi connectivity index (χ0v) is 13.9. The number of rotatable bonds is 5. The predicted molar refractivity (Wildman–Crippen MR) is 87.0 cm³/mol. The average molecular weight is 287 g/mol. The monoisotopic (exact) mass is 287 g/mol. The molecule has 1 aromatic rings. The molecule has 0 aliphatic rings.